The van der Waals surface area contributed by atoms with Gasteiger partial charge in [0.25, 0.3) is 0 Å². The number of ether oxygens (including phenoxy) is 2. The minimum Gasteiger partial charge on any atom is -0.493 e. The molecule has 1 aliphatic rings. The van der Waals surface area contributed by atoms with Crippen LogP contribution in [0.25, 0.3) is 0 Å². The molecule has 0 aromatic heterocycles. The Morgan fingerprint density at radius 3 is 2.70 bits per heavy atom. The van der Waals surface area contributed by atoms with Gasteiger partial charge in [-0.15, -0.1) is 0 Å². The summed E-state index contributed by atoms with van der Waals surface area (Å²) in [5.74, 6) is -0.659. The van der Waals surface area contributed by atoms with Crippen LogP contribution >= 0.6 is 11.8 Å². The van der Waals surface area contributed by atoms with Crippen LogP contribution in [0.1, 0.15) is 31.7 Å². The van der Waals surface area contributed by atoms with Gasteiger partial charge in [-0.05, 0) is 24.6 Å². The van der Waals surface area contributed by atoms with Crippen molar-refractivity contribution < 1.29 is 27.4 Å². The number of thioether (sulfide) groups is 1. The molecule has 1 aliphatic heterocycles. The third-order valence-electron chi connectivity index (χ3n) is 3.90. The number of halogens is 3. The van der Waals surface area contributed by atoms with Crippen LogP contribution < -0.4 is 10.1 Å². The van der Waals surface area contributed by atoms with Gasteiger partial charge in [0, 0.05) is 18.9 Å². The largest absolute Gasteiger partial charge is 0.493 e. The van der Waals surface area contributed by atoms with Gasteiger partial charge in [-0.1, -0.05) is 31.5 Å². The van der Waals surface area contributed by atoms with Gasteiger partial charge in [-0.25, -0.2) is 4.79 Å². The second kappa shape index (κ2) is 9.25. The van der Waals surface area contributed by atoms with E-state index in [0.717, 1.165) is 18.9 Å². The third-order valence-corrected chi connectivity index (χ3v) is 5.10. The third kappa shape index (κ3) is 5.72. The Morgan fingerprint density at radius 2 is 2.07 bits per heavy atom. The van der Waals surface area contributed by atoms with E-state index in [2.05, 4.69) is 10.1 Å². The number of methoxy groups -OCH3 is 1. The first kappa shape index (κ1) is 21.3. The summed E-state index contributed by atoms with van der Waals surface area (Å²) in [5, 5.41) is 2.99. The monoisotopic (exact) mass is 404 g/mol. The molecule has 150 valence electrons. The Hall–Kier alpha value is -2.03. The Labute approximate surface area is 160 Å². The van der Waals surface area contributed by atoms with Crippen LogP contribution in [0.15, 0.2) is 29.3 Å². The van der Waals surface area contributed by atoms with E-state index in [0.29, 0.717) is 11.3 Å². The summed E-state index contributed by atoms with van der Waals surface area (Å²) in [4.78, 5) is 13.7. The molecular formula is C18H23F3N2O3S. The van der Waals surface area contributed by atoms with Gasteiger partial charge >= 0.3 is 12.1 Å². The Balaban J connectivity index is 2.11. The molecule has 0 radical (unpaired) electrons. The number of benzene rings is 1. The van der Waals surface area contributed by atoms with Crippen molar-refractivity contribution in [3.63, 3.8) is 0 Å². The molecule has 0 saturated carbocycles. The zero-order valence-corrected chi connectivity index (χ0v) is 16.2. The average molecular weight is 404 g/mol. The van der Waals surface area contributed by atoms with Crippen molar-refractivity contribution in [3.8, 4) is 5.75 Å². The highest BCUT2D eigenvalue weighted by Gasteiger charge is 2.35. The highest BCUT2D eigenvalue weighted by atomic mass is 32.2. The average Bonchev–Trinajstić information content (AvgIpc) is 2.98. The normalized spacial score (nSPS) is 16.9. The Bertz CT molecular complexity index is 695. The fourth-order valence-corrected chi connectivity index (χ4v) is 3.53. The molecule has 27 heavy (non-hydrogen) atoms. The van der Waals surface area contributed by atoms with Gasteiger partial charge in [0.05, 0.1) is 19.3 Å². The summed E-state index contributed by atoms with van der Waals surface area (Å²) in [6.07, 6.45) is -0.362. The van der Waals surface area contributed by atoms with E-state index in [4.69, 9.17) is 4.74 Å². The minimum atomic E-state index is -4.53. The lowest BCUT2D eigenvalue weighted by molar-refractivity contribution is -0.139. The molecule has 1 atom stereocenters. The maximum Gasteiger partial charge on any atom is 0.420 e. The Morgan fingerprint density at radius 1 is 1.33 bits per heavy atom. The smallest absolute Gasteiger partial charge is 0.420 e. The zero-order valence-electron chi connectivity index (χ0n) is 15.4. The lowest BCUT2D eigenvalue weighted by atomic mass is 10.1. The number of anilines is 1. The molecule has 1 aromatic carbocycles. The number of unbranched alkanes of at least 4 members (excludes halogenated alkanes) is 2. The number of carbonyl (C=O) groups excluding carboxylic acids is 1. The first-order valence-corrected chi connectivity index (χ1v) is 9.43. The highest BCUT2D eigenvalue weighted by molar-refractivity contribution is 8.04. The molecule has 0 aliphatic carbocycles. The van der Waals surface area contributed by atoms with E-state index < -0.39 is 23.2 Å². The van der Waals surface area contributed by atoms with E-state index in [-0.39, 0.29) is 18.0 Å². The van der Waals surface area contributed by atoms with Crippen LogP contribution in [0.4, 0.5) is 18.9 Å². The number of nitrogens with one attached hydrogen (secondary N) is 1. The first-order valence-electron chi connectivity index (χ1n) is 8.55. The molecule has 1 N–H and O–H groups in total. The maximum atomic E-state index is 13.4. The summed E-state index contributed by atoms with van der Waals surface area (Å²) in [7, 11) is 3.00. The molecule has 1 aromatic rings. The van der Waals surface area contributed by atoms with Crippen LogP contribution in [-0.4, -0.2) is 37.1 Å². The lowest BCUT2D eigenvalue weighted by Gasteiger charge is -2.23. The number of rotatable bonds is 8. The van der Waals surface area contributed by atoms with Crippen molar-refractivity contribution >= 4 is 23.4 Å². The standard InChI is InChI=1S/C18H23F3N2O3S/c1-4-5-6-9-26-14-8-7-12(10-13(14)18(19,20)21)22-17-23(2)11-15(27-17)16(24)25-3/h7-8,10-11,17,22H,4-6,9H2,1-3H3. The quantitative estimate of drug-likeness (QED) is 0.502. The van der Waals surface area contributed by atoms with Crippen molar-refractivity contribution in [1.82, 2.24) is 4.90 Å². The van der Waals surface area contributed by atoms with E-state index in [1.54, 1.807) is 18.1 Å². The van der Waals surface area contributed by atoms with Gasteiger partial charge in [0.15, 0.2) is 5.50 Å². The topological polar surface area (TPSA) is 50.8 Å². The number of esters is 1. The summed E-state index contributed by atoms with van der Waals surface area (Å²) in [5.41, 5.74) is -0.959. The summed E-state index contributed by atoms with van der Waals surface area (Å²) >= 11 is 1.17. The SMILES string of the molecule is CCCCCOc1ccc(NC2SC(C(=O)OC)=CN2C)cc1C(F)(F)F. The molecule has 0 amide bonds. The van der Waals surface area contributed by atoms with Crippen molar-refractivity contribution in [2.75, 3.05) is 26.1 Å². The lowest BCUT2D eigenvalue weighted by Crippen LogP contribution is -2.28. The van der Waals surface area contributed by atoms with Crippen molar-refractivity contribution in [2.45, 2.75) is 37.9 Å². The molecule has 5 nitrogen and oxygen atoms in total. The summed E-state index contributed by atoms with van der Waals surface area (Å²) < 4.78 is 50.2. The van der Waals surface area contributed by atoms with Crippen LogP contribution in [-0.2, 0) is 15.7 Å². The van der Waals surface area contributed by atoms with Gasteiger partial charge in [-0.2, -0.15) is 13.2 Å². The van der Waals surface area contributed by atoms with E-state index >= 15 is 0 Å². The second-order valence-electron chi connectivity index (χ2n) is 6.03. The summed E-state index contributed by atoms with van der Waals surface area (Å²) in [6, 6.07) is 3.89. The van der Waals surface area contributed by atoms with Crippen LogP contribution in [0.3, 0.4) is 0 Å². The molecule has 2 rings (SSSR count). The number of hydrogen-bond acceptors (Lipinski definition) is 6. The van der Waals surface area contributed by atoms with E-state index in [1.807, 2.05) is 6.92 Å². The molecule has 0 spiro atoms. The fourth-order valence-electron chi connectivity index (χ4n) is 2.46. The maximum absolute atomic E-state index is 13.4. The molecule has 9 heteroatoms. The zero-order chi connectivity index (χ0) is 20.0. The second-order valence-corrected chi connectivity index (χ2v) is 7.15. The summed E-state index contributed by atoms with van der Waals surface area (Å²) in [6.45, 7) is 2.26. The predicted molar refractivity (Wildman–Crippen MR) is 99.3 cm³/mol. The molecule has 1 heterocycles. The Kier molecular flexibility index (Phi) is 7.29. The first-order chi connectivity index (χ1) is 12.8. The number of alkyl halides is 3. The van der Waals surface area contributed by atoms with Crippen molar-refractivity contribution in [3.05, 3.63) is 34.9 Å². The number of nitrogens with zero attached hydrogens (tertiary/aromatic N) is 1. The van der Waals surface area contributed by atoms with Gasteiger partial charge < -0.3 is 19.7 Å². The van der Waals surface area contributed by atoms with Gasteiger partial charge in [0.2, 0.25) is 0 Å². The van der Waals surface area contributed by atoms with Gasteiger partial charge in [0.1, 0.15) is 10.7 Å². The molecule has 0 bridgehead atoms. The molecular weight excluding hydrogens is 381 g/mol. The molecule has 0 saturated heterocycles. The predicted octanol–water partition coefficient (Wildman–Crippen LogP) is 4.66. The van der Waals surface area contributed by atoms with E-state index in [9.17, 15) is 18.0 Å². The molecule has 1 unspecified atom stereocenters. The van der Waals surface area contributed by atoms with E-state index in [1.165, 1.54) is 31.0 Å². The van der Waals surface area contributed by atoms with Crippen LogP contribution in [0, 0.1) is 0 Å². The van der Waals surface area contributed by atoms with Crippen molar-refractivity contribution in [2.24, 2.45) is 0 Å². The van der Waals surface area contributed by atoms with Crippen LogP contribution in [0.5, 0.6) is 5.75 Å². The minimum absolute atomic E-state index is 0.176. The van der Waals surface area contributed by atoms with Crippen LogP contribution in [0.2, 0.25) is 0 Å². The number of carbonyl (C=O) groups is 1. The van der Waals surface area contributed by atoms with Crippen molar-refractivity contribution in [1.29, 1.82) is 0 Å². The molecule has 0 fully saturated rings. The van der Waals surface area contributed by atoms with Gasteiger partial charge in [-0.3, -0.25) is 0 Å². The fraction of sp³-hybridized carbons (Fsp3) is 0.500. The number of hydrogen-bond donors (Lipinski definition) is 1. The highest BCUT2D eigenvalue weighted by Crippen LogP contribution is 2.39.